The zero-order valence-corrected chi connectivity index (χ0v) is 20.8. The molecule has 0 saturated carbocycles. The van der Waals surface area contributed by atoms with E-state index in [-0.39, 0.29) is 17.8 Å². The molecule has 1 aromatic heterocycles. The smallest absolute Gasteiger partial charge is 0.234 e. The van der Waals surface area contributed by atoms with Gasteiger partial charge in [-0.1, -0.05) is 61.5 Å². The number of hydrogen-bond donors (Lipinski definition) is 1. The minimum atomic E-state index is -0.304. The van der Waals surface area contributed by atoms with Crippen molar-refractivity contribution in [2.45, 2.75) is 58.3 Å². The van der Waals surface area contributed by atoms with Gasteiger partial charge in [0.2, 0.25) is 5.91 Å². The Kier molecular flexibility index (Phi) is 8.33. The number of amides is 1. The number of ether oxygens (including phenoxy) is 1. The van der Waals surface area contributed by atoms with E-state index in [4.69, 9.17) is 4.74 Å². The van der Waals surface area contributed by atoms with Gasteiger partial charge in [-0.05, 0) is 56.0 Å². The van der Waals surface area contributed by atoms with Gasteiger partial charge in [0, 0.05) is 12.2 Å². The van der Waals surface area contributed by atoms with Gasteiger partial charge in [-0.3, -0.25) is 9.36 Å². The fourth-order valence-electron chi connectivity index (χ4n) is 3.46. The molecule has 7 heteroatoms. The monoisotopic (exact) mass is 464 g/mol. The summed E-state index contributed by atoms with van der Waals surface area (Å²) in [6.45, 7) is 14.7. The molecular weight excluding hydrogens is 432 g/mol. The van der Waals surface area contributed by atoms with Crippen LogP contribution in [-0.2, 0) is 11.3 Å². The van der Waals surface area contributed by atoms with Gasteiger partial charge in [-0.15, -0.1) is 16.8 Å². The average molecular weight is 465 g/mol. The van der Waals surface area contributed by atoms with E-state index in [9.17, 15) is 4.79 Å². The second-order valence-electron chi connectivity index (χ2n) is 8.38. The quantitative estimate of drug-likeness (QED) is 0.291. The SMILES string of the molecule is C=CCn1c(SCC(=O)Nc2ccc(C(C)C)cc2)nnc1C(C)Oc1ccc(C)cc1C. The number of thioether (sulfide) groups is 1. The summed E-state index contributed by atoms with van der Waals surface area (Å²) in [4.78, 5) is 12.5. The van der Waals surface area contributed by atoms with Crippen LogP contribution in [0.2, 0.25) is 0 Å². The van der Waals surface area contributed by atoms with Gasteiger partial charge in [0.25, 0.3) is 0 Å². The van der Waals surface area contributed by atoms with Crippen LogP contribution < -0.4 is 10.1 Å². The Morgan fingerprint density at radius 3 is 2.52 bits per heavy atom. The molecule has 1 heterocycles. The highest BCUT2D eigenvalue weighted by Gasteiger charge is 2.20. The van der Waals surface area contributed by atoms with Crippen LogP contribution in [0.1, 0.15) is 55.3 Å². The maximum absolute atomic E-state index is 12.5. The standard InChI is InChI=1S/C26H32N4O2S/c1-7-14-30-25(20(6)32-23-13-8-18(4)15-19(23)5)28-29-26(30)33-16-24(31)27-22-11-9-21(10-12-22)17(2)3/h7-13,15,17,20H,1,14,16H2,2-6H3,(H,27,31). The van der Waals surface area contributed by atoms with E-state index >= 15 is 0 Å². The number of benzene rings is 2. The number of aryl methyl sites for hydroxylation is 2. The van der Waals surface area contributed by atoms with Crippen molar-refractivity contribution in [3.05, 3.63) is 77.6 Å². The molecule has 0 aliphatic carbocycles. The average Bonchev–Trinajstić information content (AvgIpc) is 3.17. The number of aromatic nitrogens is 3. The molecule has 0 fully saturated rings. The molecule has 3 rings (SSSR count). The van der Waals surface area contributed by atoms with Crippen LogP contribution in [0.15, 0.2) is 60.3 Å². The Morgan fingerprint density at radius 1 is 1.15 bits per heavy atom. The molecule has 0 bridgehead atoms. The maximum atomic E-state index is 12.5. The first kappa shape index (κ1) is 24.6. The highest BCUT2D eigenvalue weighted by Crippen LogP contribution is 2.27. The molecule has 0 aliphatic rings. The van der Waals surface area contributed by atoms with Gasteiger partial charge in [-0.25, -0.2) is 0 Å². The summed E-state index contributed by atoms with van der Waals surface area (Å²) in [7, 11) is 0. The third-order valence-electron chi connectivity index (χ3n) is 5.25. The van der Waals surface area contributed by atoms with Crippen LogP contribution in [0.25, 0.3) is 0 Å². The Labute approximate surface area is 200 Å². The fourth-order valence-corrected chi connectivity index (χ4v) is 4.22. The first-order valence-electron chi connectivity index (χ1n) is 11.1. The maximum Gasteiger partial charge on any atom is 0.234 e. The van der Waals surface area contributed by atoms with E-state index in [2.05, 4.69) is 48.9 Å². The second kappa shape index (κ2) is 11.2. The van der Waals surface area contributed by atoms with E-state index in [1.807, 2.05) is 54.8 Å². The number of anilines is 1. The number of rotatable bonds is 10. The van der Waals surface area contributed by atoms with E-state index in [1.165, 1.54) is 22.9 Å². The van der Waals surface area contributed by atoms with Crippen LogP contribution in [0.4, 0.5) is 5.69 Å². The minimum absolute atomic E-state index is 0.0911. The highest BCUT2D eigenvalue weighted by atomic mass is 32.2. The molecule has 174 valence electrons. The van der Waals surface area contributed by atoms with Crippen LogP contribution in [0.3, 0.4) is 0 Å². The van der Waals surface area contributed by atoms with E-state index < -0.39 is 0 Å². The van der Waals surface area contributed by atoms with Crippen molar-refractivity contribution < 1.29 is 9.53 Å². The predicted octanol–water partition coefficient (Wildman–Crippen LogP) is 6.08. The summed E-state index contributed by atoms with van der Waals surface area (Å²) in [5, 5.41) is 12.3. The van der Waals surface area contributed by atoms with E-state index in [0.717, 1.165) is 17.0 Å². The second-order valence-corrected chi connectivity index (χ2v) is 9.33. The number of carbonyl (C=O) groups is 1. The Hall–Kier alpha value is -3.06. The van der Waals surface area contributed by atoms with Gasteiger partial charge >= 0.3 is 0 Å². The molecule has 1 N–H and O–H groups in total. The lowest BCUT2D eigenvalue weighted by molar-refractivity contribution is -0.113. The molecule has 1 unspecified atom stereocenters. The van der Waals surface area contributed by atoms with Crippen LogP contribution in [0, 0.1) is 13.8 Å². The van der Waals surface area contributed by atoms with Crippen molar-refractivity contribution in [2.24, 2.45) is 0 Å². The number of nitrogens with zero attached hydrogens (tertiary/aromatic N) is 3. The molecule has 1 atom stereocenters. The van der Waals surface area contributed by atoms with Crippen molar-refractivity contribution in [2.75, 3.05) is 11.1 Å². The molecule has 2 aromatic carbocycles. The van der Waals surface area contributed by atoms with Crippen LogP contribution in [0.5, 0.6) is 5.75 Å². The van der Waals surface area contributed by atoms with Crippen LogP contribution >= 0.6 is 11.8 Å². The molecule has 0 radical (unpaired) electrons. The molecule has 0 spiro atoms. The Bertz CT molecular complexity index is 1110. The fraction of sp³-hybridized carbons (Fsp3) is 0.346. The molecule has 0 saturated heterocycles. The van der Waals surface area contributed by atoms with E-state index in [1.54, 1.807) is 6.08 Å². The lowest BCUT2D eigenvalue weighted by atomic mass is 10.0. The predicted molar refractivity (Wildman–Crippen MR) is 135 cm³/mol. The van der Waals surface area contributed by atoms with Crippen molar-refractivity contribution in [1.82, 2.24) is 14.8 Å². The van der Waals surface area contributed by atoms with Crippen molar-refractivity contribution in [3.8, 4) is 5.75 Å². The Morgan fingerprint density at radius 2 is 1.88 bits per heavy atom. The van der Waals surface area contributed by atoms with Gasteiger partial charge < -0.3 is 10.1 Å². The molecule has 6 nitrogen and oxygen atoms in total. The normalized spacial score (nSPS) is 11.9. The van der Waals surface area contributed by atoms with Gasteiger partial charge in [0.1, 0.15) is 5.75 Å². The van der Waals surface area contributed by atoms with Crippen molar-refractivity contribution in [1.29, 1.82) is 0 Å². The third-order valence-corrected chi connectivity index (χ3v) is 6.22. The summed E-state index contributed by atoms with van der Waals surface area (Å²) in [5.41, 5.74) is 4.29. The van der Waals surface area contributed by atoms with Gasteiger partial charge in [0.05, 0.1) is 5.75 Å². The summed E-state index contributed by atoms with van der Waals surface area (Å²) in [5.74, 6) is 2.11. The topological polar surface area (TPSA) is 69.0 Å². The summed E-state index contributed by atoms with van der Waals surface area (Å²) in [6, 6.07) is 14.0. The zero-order chi connectivity index (χ0) is 24.0. The number of allylic oxidation sites excluding steroid dienone is 1. The van der Waals surface area contributed by atoms with E-state index in [0.29, 0.717) is 23.4 Å². The summed E-state index contributed by atoms with van der Waals surface area (Å²) >= 11 is 1.35. The zero-order valence-electron chi connectivity index (χ0n) is 20.0. The largest absolute Gasteiger partial charge is 0.482 e. The first-order valence-corrected chi connectivity index (χ1v) is 12.1. The third kappa shape index (κ3) is 6.48. The molecule has 1 amide bonds. The van der Waals surface area contributed by atoms with Crippen LogP contribution in [-0.4, -0.2) is 26.4 Å². The molecular formula is C26H32N4O2S. The van der Waals surface area contributed by atoms with Crippen molar-refractivity contribution in [3.63, 3.8) is 0 Å². The lowest BCUT2D eigenvalue weighted by Crippen LogP contribution is -2.15. The number of nitrogens with one attached hydrogen (secondary N) is 1. The number of hydrogen-bond acceptors (Lipinski definition) is 5. The lowest BCUT2D eigenvalue weighted by Gasteiger charge is -2.17. The van der Waals surface area contributed by atoms with Crippen molar-refractivity contribution >= 4 is 23.4 Å². The molecule has 3 aromatic rings. The summed E-state index contributed by atoms with van der Waals surface area (Å²) < 4.78 is 8.11. The first-order chi connectivity index (χ1) is 15.8. The van der Waals surface area contributed by atoms with Gasteiger partial charge in [0.15, 0.2) is 17.1 Å². The minimum Gasteiger partial charge on any atom is -0.482 e. The summed E-state index contributed by atoms with van der Waals surface area (Å²) in [6.07, 6.45) is 1.48. The molecule has 0 aliphatic heterocycles. The molecule has 33 heavy (non-hydrogen) atoms. The Balaban J connectivity index is 1.65. The number of carbonyl (C=O) groups excluding carboxylic acids is 1. The highest BCUT2D eigenvalue weighted by molar-refractivity contribution is 7.99. The van der Waals surface area contributed by atoms with Gasteiger partial charge in [-0.2, -0.15) is 0 Å².